The molecule has 6 rings (SSSR count). The van der Waals surface area contributed by atoms with Crippen molar-refractivity contribution in [3.63, 3.8) is 0 Å². The summed E-state index contributed by atoms with van der Waals surface area (Å²) in [7, 11) is -10.0. The maximum Gasteiger partial charge on any atom is 1.00 e. The Morgan fingerprint density at radius 1 is 0.500 bits per heavy atom. The zero-order valence-electron chi connectivity index (χ0n) is 26.3. The predicted octanol–water partition coefficient (Wildman–Crippen LogP) is 0.883. The van der Waals surface area contributed by atoms with Gasteiger partial charge in [-0.3, -0.25) is 0 Å². The number of nitrogens with zero attached hydrogens (tertiary/aromatic N) is 4. The van der Waals surface area contributed by atoms with Crippen LogP contribution in [-0.4, -0.2) is 36.2 Å². The average Bonchev–Trinajstić information content (AvgIpc) is 3.04. The fourth-order valence-electron chi connectivity index (χ4n) is 4.95. The monoisotopic (exact) mass is 728 g/mol. The van der Waals surface area contributed by atoms with Crippen LogP contribution < -0.4 is 70.6 Å². The number of aromatic hydroxyl groups is 2. The fraction of sp³-hybridized carbons (Fsp3) is 0. The molecule has 0 saturated carbocycles. The molecule has 0 aliphatic rings. The molecule has 0 unspecified atom stereocenters. The van der Waals surface area contributed by atoms with Crippen molar-refractivity contribution < 1.29 is 95.3 Å². The molecule has 242 valence electrons. The number of hydrogen-bond acceptors (Lipinski definition) is 14. The van der Waals surface area contributed by atoms with E-state index in [0.29, 0.717) is 11.4 Å². The summed E-state index contributed by atoms with van der Waals surface area (Å²) in [4.78, 5) is -1.47. The van der Waals surface area contributed by atoms with Crippen LogP contribution in [0, 0.1) is 0 Å². The van der Waals surface area contributed by atoms with Gasteiger partial charge in [0.25, 0.3) is 0 Å². The van der Waals surface area contributed by atoms with Crippen LogP contribution in [-0.2, 0) is 20.2 Å². The van der Waals surface area contributed by atoms with Crippen LogP contribution in [0.15, 0.2) is 127 Å². The molecule has 0 fully saturated rings. The summed E-state index contributed by atoms with van der Waals surface area (Å²) in [6.45, 7) is 0. The number of benzene rings is 6. The Balaban J connectivity index is 0.00000281. The minimum absolute atomic E-state index is 0. The van der Waals surface area contributed by atoms with E-state index < -0.39 is 52.9 Å². The summed E-state index contributed by atoms with van der Waals surface area (Å²) in [6, 6.07) is 24.1. The van der Waals surface area contributed by atoms with Gasteiger partial charge >= 0.3 is 59.1 Å². The number of nitrogen functional groups attached to an aromatic ring is 2. The Morgan fingerprint density at radius 2 is 0.840 bits per heavy atom. The number of anilines is 2. The zero-order chi connectivity index (χ0) is 34.4. The average molecular weight is 729 g/mol. The standard InChI is InChI=1S/C32H24N6O8S2.2Na/c33-21-7-1-19-13-27(47(41,42)43)29(31(39)25(19)15-21)37-35-23-9-3-17(4-10-23)18-5-11-24(12-6-18)36-38-30-28(48(44,45)46)14-20-2-8-22(34)16-26(20)32(30)40;;/h1-16,39-40H,33-34H2,(H,41,42,43)(H,44,45,46);;/q;2*+1/p-2. The molecule has 6 aromatic rings. The van der Waals surface area contributed by atoms with Crippen molar-refractivity contribution in [2.24, 2.45) is 20.5 Å². The Labute approximate surface area is 329 Å². The van der Waals surface area contributed by atoms with Crippen LogP contribution in [0.2, 0.25) is 0 Å². The molecule has 14 nitrogen and oxygen atoms in total. The van der Waals surface area contributed by atoms with Crippen LogP contribution in [0.3, 0.4) is 0 Å². The van der Waals surface area contributed by atoms with Gasteiger partial charge in [0.05, 0.1) is 21.2 Å². The number of phenolic OH excluding ortho intramolecular Hbond substituents is 2. The van der Waals surface area contributed by atoms with E-state index in [4.69, 9.17) is 11.5 Å². The van der Waals surface area contributed by atoms with E-state index in [1.807, 2.05) is 0 Å². The van der Waals surface area contributed by atoms with Crippen molar-refractivity contribution in [1.82, 2.24) is 0 Å². The Hall–Kier alpha value is -3.94. The van der Waals surface area contributed by atoms with Gasteiger partial charge < -0.3 is 30.8 Å². The number of hydrogen-bond donors (Lipinski definition) is 4. The van der Waals surface area contributed by atoms with Crippen molar-refractivity contribution >= 4 is 75.9 Å². The molecular formula is C32H22N6Na2O8S2. The van der Waals surface area contributed by atoms with E-state index in [2.05, 4.69) is 20.5 Å². The van der Waals surface area contributed by atoms with Gasteiger partial charge in [0.2, 0.25) is 0 Å². The summed E-state index contributed by atoms with van der Waals surface area (Å²) in [5, 5.41) is 38.2. The summed E-state index contributed by atoms with van der Waals surface area (Å²) in [5.74, 6) is -1.11. The molecule has 0 radical (unpaired) electrons. The Bertz CT molecular complexity index is 2370. The molecule has 0 bridgehead atoms. The molecule has 18 heteroatoms. The van der Waals surface area contributed by atoms with E-state index in [1.165, 1.54) is 36.4 Å². The first-order valence-corrected chi connectivity index (χ1v) is 16.6. The maximum absolute atomic E-state index is 11.9. The molecule has 0 spiro atoms. The van der Waals surface area contributed by atoms with Gasteiger partial charge in [0.1, 0.15) is 31.6 Å². The molecule has 6 N–H and O–H groups in total. The molecule has 0 heterocycles. The minimum atomic E-state index is -5.02. The molecule has 0 saturated heterocycles. The van der Waals surface area contributed by atoms with Crippen molar-refractivity contribution in [2.75, 3.05) is 11.5 Å². The van der Waals surface area contributed by atoms with E-state index in [9.17, 15) is 36.2 Å². The zero-order valence-corrected chi connectivity index (χ0v) is 32.0. The normalized spacial score (nSPS) is 12.0. The minimum Gasteiger partial charge on any atom is -0.744 e. The van der Waals surface area contributed by atoms with E-state index in [0.717, 1.165) is 23.3 Å². The SMILES string of the molecule is Nc1ccc2cc(S(=O)(=O)[O-])c(N=Nc3ccc(-c4ccc(N=Nc5c(S(=O)(=O)[O-])cc6ccc(N)cc6c5O)cc4)cc3)c(O)c2c1.[Na+].[Na+]. The summed E-state index contributed by atoms with van der Waals surface area (Å²) in [5.41, 5.74) is 13.2. The second-order valence-corrected chi connectivity index (χ2v) is 13.2. The Morgan fingerprint density at radius 3 is 1.16 bits per heavy atom. The molecule has 0 aliphatic heterocycles. The first-order valence-electron chi connectivity index (χ1n) is 13.8. The van der Waals surface area contributed by atoms with Crippen molar-refractivity contribution in [3.8, 4) is 22.6 Å². The Kier molecular flexibility index (Phi) is 11.8. The quantitative estimate of drug-likeness (QED) is 0.0781. The van der Waals surface area contributed by atoms with Crippen LogP contribution >= 0.6 is 0 Å². The van der Waals surface area contributed by atoms with E-state index in [1.54, 1.807) is 48.5 Å². The largest absolute Gasteiger partial charge is 1.00 e. The second-order valence-electron chi connectivity index (χ2n) is 10.5. The maximum atomic E-state index is 11.9. The van der Waals surface area contributed by atoms with Gasteiger partial charge in [-0.25, -0.2) is 16.8 Å². The summed E-state index contributed by atoms with van der Waals surface area (Å²) < 4.78 is 71.6. The summed E-state index contributed by atoms with van der Waals surface area (Å²) >= 11 is 0. The molecule has 0 atom stereocenters. The molecule has 6 aromatic carbocycles. The number of phenols is 2. The third kappa shape index (κ3) is 8.16. The van der Waals surface area contributed by atoms with Crippen molar-refractivity contribution in [1.29, 1.82) is 0 Å². The molecule has 50 heavy (non-hydrogen) atoms. The van der Waals surface area contributed by atoms with Gasteiger partial charge in [-0.1, -0.05) is 36.4 Å². The van der Waals surface area contributed by atoms with Crippen LogP contribution in [0.25, 0.3) is 32.7 Å². The topological polar surface area (TPSA) is 256 Å². The van der Waals surface area contributed by atoms with Gasteiger partial charge in [-0.15, -0.1) is 10.2 Å². The van der Waals surface area contributed by atoms with E-state index >= 15 is 0 Å². The third-order valence-electron chi connectivity index (χ3n) is 7.29. The number of nitrogens with two attached hydrogens (primary N) is 2. The van der Waals surface area contributed by atoms with Gasteiger partial charge in [-0.05, 0) is 82.6 Å². The number of azo groups is 2. The predicted molar refractivity (Wildman–Crippen MR) is 176 cm³/mol. The molecule has 0 amide bonds. The molecule has 0 aromatic heterocycles. The van der Waals surface area contributed by atoms with E-state index in [-0.39, 0.29) is 92.0 Å². The number of rotatable bonds is 7. The molecular weight excluding hydrogens is 707 g/mol. The van der Waals surface area contributed by atoms with Gasteiger partial charge in [0, 0.05) is 22.1 Å². The smallest absolute Gasteiger partial charge is 0.744 e. The van der Waals surface area contributed by atoms with Crippen molar-refractivity contribution in [2.45, 2.75) is 9.79 Å². The first kappa shape index (κ1) is 38.9. The summed E-state index contributed by atoms with van der Waals surface area (Å²) in [6.07, 6.45) is 0. The fourth-order valence-corrected chi connectivity index (χ4v) is 6.24. The van der Waals surface area contributed by atoms with Crippen LogP contribution in [0.5, 0.6) is 11.5 Å². The third-order valence-corrected chi connectivity index (χ3v) is 8.99. The van der Waals surface area contributed by atoms with Crippen molar-refractivity contribution in [3.05, 3.63) is 97.1 Å². The van der Waals surface area contributed by atoms with Crippen LogP contribution in [0.1, 0.15) is 0 Å². The first-order chi connectivity index (χ1) is 22.7. The molecule has 0 aliphatic carbocycles. The second kappa shape index (κ2) is 15.1. The van der Waals surface area contributed by atoms with Crippen LogP contribution in [0.4, 0.5) is 34.1 Å². The van der Waals surface area contributed by atoms with Gasteiger partial charge in [0.15, 0.2) is 11.5 Å². The van der Waals surface area contributed by atoms with Gasteiger partial charge in [-0.2, -0.15) is 10.2 Å². The number of fused-ring (bicyclic) bond motifs is 2.